The molecule has 0 saturated heterocycles. The van der Waals surface area contributed by atoms with Gasteiger partial charge in [0, 0.05) is 18.0 Å². The molecule has 0 radical (unpaired) electrons. The summed E-state index contributed by atoms with van der Waals surface area (Å²) in [5, 5.41) is 5.21. The van der Waals surface area contributed by atoms with E-state index in [0.29, 0.717) is 17.5 Å². The third kappa shape index (κ3) is 4.10. The highest BCUT2D eigenvalue weighted by atomic mass is 32.2. The Morgan fingerprint density at radius 1 is 1.29 bits per heavy atom. The number of aromatic nitrogens is 1. The summed E-state index contributed by atoms with van der Waals surface area (Å²) in [6.45, 7) is 0.927. The number of nitrogens with one attached hydrogen (secondary N) is 2. The number of hydrogen-bond donors (Lipinski definition) is 2. The number of benzene rings is 1. The Morgan fingerprint density at radius 2 is 2.14 bits per heavy atom. The molecular weight excluding hydrogens is 306 g/mol. The van der Waals surface area contributed by atoms with E-state index in [1.807, 2.05) is 11.4 Å². The zero-order valence-corrected chi connectivity index (χ0v) is 13.1. The van der Waals surface area contributed by atoms with Crippen LogP contribution >= 0.6 is 11.3 Å². The number of sulfonamides is 1. The zero-order valence-electron chi connectivity index (χ0n) is 11.5. The second-order valence-corrected chi connectivity index (χ2v) is 7.59. The lowest BCUT2D eigenvalue weighted by atomic mass is 10.2. The molecule has 0 amide bonds. The molecule has 0 spiro atoms. The molecule has 7 heteroatoms. The van der Waals surface area contributed by atoms with E-state index < -0.39 is 10.0 Å². The molecule has 5 nitrogen and oxygen atoms in total. The van der Waals surface area contributed by atoms with Crippen LogP contribution in [0.1, 0.15) is 24.1 Å². The number of thiazole rings is 1. The van der Waals surface area contributed by atoms with E-state index in [2.05, 4.69) is 15.0 Å². The van der Waals surface area contributed by atoms with Crippen LogP contribution in [0.3, 0.4) is 0 Å². The van der Waals surface area contributed by atoms with Crippen molar-refractivity contribution in [2.45, 2.75) is 36.9 Å². The topological polar surface area (TPSA) is 71.1 Å². The smallest absolute Gasteiger partial charge is 0.240 e. The molecular formula is C14H17N3O2S2. The van der Waals surface area contributed by atoms with Crippen molar-refractivity contribution in [3.05, 3.63) is 46.4 Å². The molecule has 1 aromatic heterocycles. The molecule has 1 fully saturated rings. The number of rotatable bonds is 7. The largest absolute Gasteiger partial charge is 0.310 e. The van der Waals surface area contributed by atoms with E-state index >= 15 is 0 Å². The Kier molecular flexibility index (Phi) is 4.34. The van der Waals surface area contributed by atoms with Crippen LogP contribution in [0, 0.1) is 0 Å². The fourth-order valence-electron chi connectivity index (χ4n) is 1.95. The Morgan fingerprint density at radius 3 is 2.86 bits per heavy atom. The standard InChI is InChI=1S/C14H17N3O2S2/c18-21(19,17-8-13-9-20-10-16-13)14-3-1-2-11(6-14)7-15-12-4-5-12/h1-3,6,9-10,12,15,17H,4-5,7-8H2. The van der Waals surface area contributed by atoms with E-state index in [1.165, 1.54) is 24.2 Å². The highest BCUT2D eigenvalue weighted by molar-refractivity contribution is 7.89. The number of nitrogens with zero attached hydrogens (tertiary/aromatic N) is 1. The van der Waals surface area contributed by atoms with Gasteiger partial charge in [-0.3, -0.25) is 0 Å². The van der Waals surface area contributed by atoms with Gasteiger partial charge in [-0.05, 0) is 30.5 Å². The van der Waals surface area contributed by atoms with E-state index in [0.717, 1.165) is 11.3 Å². The summed E-state index contributed by atoms with van der Waals surface area (Å²) in [6, 6.07) is 7.66. The van der Waals surface area contributed by atoms with Gasteiger partial charge in [-0.2, -0.15) is 0 Å². The van der Waals surface area contributed by atoms with Gasteiger partial charge < -0.3 is 5.32 Å². The van der Waals surface area contributed by atoms with Gasteiger partial charge in [-0.15, -0.1) is 11.3 Å². The predicted molar refractivity (Wildman–Crippen MR) is 82.4 cm³/mol. The first-order valence-corrected chi connectivity index (χ1v) is 9.25. The van der Waals surface area contributed by atoms with Crippen LogP contribution in [-0.2, 0) is 23.1 Å². The molecule has 2 aromatic rings. The maximum Gasteiger partial charge on any atom is 0.240 e. The van der Waals surface area contributed by atoms with Gasteiger partial charge in [0.1, 0.15) is 0 Å². The molecule has 1 heterocycles. The lowest BCUT2D eigenvalue weighted by molar-refractivity contribution is 0.580. The van der Waals surface area contributed by atoms with Crippen LogP contribution in [-0.4, -0.2) is 19.4 Å². The van der Waals surface area contributed by atoms with Crippen LogP contribution in [0.25, 0.3) is 0 Å². The van der Waals surface area contributed by atoms with Crippen LogP contribution < -0.4 is 10.0 Å². The summed E-state index contributed by atoms with van der Waals surface area (Å²) < 4.78 is 27.1. The summed E-state index contributed by atoms with van der Waals surface area (Å²) in [7, 11) is -3.49. The van der Waals surface area contributed by atoms with Gasteiger partial charge in [-0.25, -0.2) is 18.1 Å². The van der Waals surface area contributed by atoms with Crippen molar-refractivity contribution in [2.75, 3.05) is 0 Å². The Bertz CT molecular complexity index is 695. The third-order valence-electron chi connectivity index (χ3n) is 3.31. The Labute approximate surface area is 128 Å². The lowest BCUT2D eigenvalue weighted by Crippen LogP contribution is -2.23. The minimum absolute atomic E-state index is 0.219. The second kappa shape index (κ2) is 6.23. The van der Waals surface area contributed by atoms with Gasteiger partial charge in [-0.1, -0.05) is 12.1 Å². The summed E-state index contributed by atoms with van der Waals surface area (Å²) in [4.78, 5) is 4.37. The molecule has 21 heavy (non-hydrogen) atoms. The van der Waals surface area contributed by atoms with E-state index in [-0.39, 0.29) is 6.54 Å². The summed E-state index contributed by atoms with van der Waals surface area (Å²) in [5.74, 6) is 0. The summed E-state index contributed by atoms with van der Waals surface area (Å²) in [6.07, 6.45) is 2.43. The Hall–Kier alpha value is -1.28. The fraction of sp³-hybridized carbons (Fsp3) is 0.357. The van der Waals surface area contributed by atoms with Crippen molar-refractivity contribution in [2.24, 2.45) is 0 Å². The molecule has 0 unspecified atom stereocenters. The average Bonchev–Trinajstić information content (AvgIpc) is 3.17. The van der Waals surface area contributed by atoms with E-state index in [9.17, 15) is 8.42 Å². The first-order chi connectivity index (χ1) is 10.1. The highest BCUT2D eigenvalue weighted by Gasteiger charge is 2.20. The van der Waals surface area contributed by atoms with Crippen molar-refractivity contribution < 1.29 is 8.42 Å². The van der Waals surface area contributed by atoms with Gasteiger partial charge in [0.05, 0.1) is 22.6 Å². The summed E-state index contributed by atoms with van der Waals surface area (Å²) in [5.41, 5.74) is 3.40. The van der Waals surface area contributed by atoms with Crippen molar-refractivity contribution in [1.29, 1.82) is 0 Å². The SMILES string of the molecule is O=S(=O)(NCc1cscn1)c1cccc(CNC2CC2)c1. The van der Waals surface area contributed by atoms with Crippen LogP contribution in [0.15, 0.2) is 40.1 Å². The predicted octanol–water partition coefficient (Wildman–Crippen LogP) is 1.87. The molecule has 1 aromatic carbocycles. The average molecular weight is 323 g/mol. The first-order valence-electron chi connectivity index (χ1n) is 6.82. The second-order valence-electron chi connectivity index (χ2n) is 5.11. The minimum Gasteiger partial charge on any atom is -0.310 e. The first kappa shape index (κ1) is 14.6. The Balaban J connectivity index is 1.67. The van der Waals surface area contributed by atoms with Crippen molar-refractivity contribution >= 4 is 21.4 Å². The van der Waals surface area contributed by atoms with Gasteiger partial charge in [0.25, 0.3) is 0 Å². The van der Waals surface area contributed by atoms with Gasteiger partial charge in [0.15, 0.2) is 0 Å². The third-order valence-corrected chi connectivity index (χ3v) is 5.34. The highest BCUT2D eigenvalue weighted by Crippen LogP contribution is 2.20. The zero-order chi connectivity index (χ0) is 14.7. The molecule has 112 valence electrons. The maximum atomic E-state index is 12.3. The summed E-state index contributed by atoms with van der Waals surface area (Å²) >= 11 is 1.45. The minimum atomic E-state index is -3.49. The van der Waals surface area contributed by atoms with E-state index in [4.69, 9.17) is 0 Å². The molecule has 0 aliphatic heterocycles. The lowest BCUT2D eigenvalue weighted by Gasteiger charge is -2.08. The maximum absolute atomic E-state index is 12.3. The van der Waals surface area contributed by atoms with E-state index in [1.54, 1.807) is 23.7 Å². The van der Waals surface area contributed by atoms with Crippen molar-refractivity contribution in [3.63, 3.8) is 0 Å². The molecule has 0 bridgehead atoms. The fourth-order valence-corrected chi connectivity index (χ4v) is 3.58. The molecule has 0 atom stereocenters. The molecule has 1 aliphatic rings. The normalized spacial score (nSPS) is 15.2. The van der Waals surface area contributed by atoms with Crippen LogP contribution in [0.5, 0.6) is 0 Å². The van der Waals surface area contributed by atoms with Crippen LogP contribution in [0.4, 0.5) is 0 Å². The van der Waals surface area contributed by atoms with Gasteiger partial charge >= 0.3 is 0 Å². The molecule has 2 N–H and O–H groups in total. The molecule has 3 rings (SSSR count). The van der Waals surface area contributed by atoms with Crippen molar-refractivity contribution in [1.82, 2.24) is 15.0 Å². The monoisotopic (exact) mass is 323 g/mol. The number of hydrogen-bond acceptors (Lipinski definition) is 5. The van der Waals surface area contributed by atoms with Crippen molar-refractivity contribution in [3.8, 4) is 0 Å². The molecule has 1 aliphatic carbocycles. The quantitative estimate of drug-likeness (QED) is 0.816. The van der Waals surface area contributed by atoms with Crippen LogP contribution in [0.2, 0.25) is 0 Å². The molecule has 1 saturated carbocycles. The van der Waals surface area contributed by atoms with Gasteiger partial charge in [0.2, 0.25) is 10.0 Å².